The lowest BCUT2D eigenvalue weighted by molar-refractivity contribution is -0.0929. The van der Waals surface area contributed by atoms with Gasteiger partial charge in [-0.3, -0.25) is 0 Å². The van der Waals surface area contributed by atoms with Crippen LogP contribution in [0, 0.1) is 6.92 Å². The topological polar surface area (TPSA) is 50.8 Å². The first-order chi connectivity index (χ1) is 12.8. The van der Waals surface area contributed by atoms with Crippen molar-refractivity contribution in [1.82, 2.24) is 4.90 Å². The van der Waals surface area contributed by atoms with E-state index < -0.39 is 42.6 Å². The second-order valence-electron chi connectivity index (χ2n) is 8.20. The number of nitrogens with one attached hydrogen (secondary N) is 1. The number of amides is 2. The molecular weight excluding hydrogens is 372 g/mol. The average Bonchev–Trinajstić information content (AvgIpc) is 3.12. The van der Waals surface area contributed by atoms with Gasteiger partial charge in [0.05, 0.1) is 23.3 Å². The molecule has 2 aliphatic heterocycles. The molecule has 0 atom stereocenters. The summed E-state index contributed by atoms with van der Waals surface area (Å²) in [6, 6.07) is 4.68. The molecule has 152 valence electrons. The van der Waals surface area contributed by atoms with Crippen LogP contribution in [0.4, 0.5) is 23.7 Å². The molecule has 1 N–H and O–H groups in total. The molecule has 2 amide bonds. The van der Waals surface area contributed by atoms with Crippen molar-refractivity contribution >= 4 is 24.3 Å². The van der Waals surface area contributed by atoms with Gasteiger partial charge >= 0.3 is 19.3 Å². The molecule has 0 aromatic heterocycles. The fourth-order valence-electron chi connectivity index (χ4n) is 3.06. The van der Waals surface area contributed by atoms with Crippen LogP contribution in [0.5, 0.6) is 0 Å². The number of hydrogen-bond donors (Lipinski definition) is 1. The van der Waals surface area contributed by atoms with E-state index in [1.54, 1.807) is 12.1 Å². The predicted octanol–water partition coefficient (Wildman–Crippen LogP) is 3.63. The van der Waals surface area contributed by atoms with Crippen molar-refractivity contribution in [2.24, 2.45) is 0 Å². The lowest BCUT2D eigenvalue weighted by Gasteiger charge is -2.32. The van der Waals surface area contributed by atoms with Crippen LogP contribution < -0.4 is 10.8 Å². The fourth-order valence-corrected chi connectivity index (χ4v) is 3.06. The van der Waals surface area contributed by atoms with E-state index in [0.717, 1.165) is 22.0 Å². The van der Waals surface area contributed by atoms with E-state index in [0.29, 0.717) is 5.69 Å². The summed E-state index contributed by atoms with van der Waals surface area (Å²) >= 11 is 0. The number of aryl methyl sites for hydroxylation is 1. The van der Waals surface area contributed by atoms with Crippen LogP contribution in [0.15, 0.2) is 29.8 Å². The Kier molecular flexibility index (Phi) is 5.04. The highest BCUT2D eigenvalue weighted by Crippen LogP contribution is 2.37. The van der Waals surface area contributed by atoms with Gasteiger partial charge in [-0.25, -0.2) is 4.79 Å². The molecule has 1 aromatic carbocycles. The molecule has 2 aliphatic rings. The number of alkyl halides is 3. The van der Waals surface area contributed by atoms with Crippen LogP contribution in [-0.4, -0.2) is 48.5 Å². The third-order valence-corrected chi connectivity index (χ3v) is 5.61. The zero-order valence-corrected chi connectivity index (χ0v) is 16.6. The minimum atomic E-state index is -4.41. The van der Waals surface area contributed by atoms with E-state index in [1.165, 1.54) is 0 Å². The van der Waals surface area contributed by atoms with Crippen molar-refractivity contribution in [2.45, 2.75) is 52.0 Å². The summed E-state index contributed by atoms with van der Waals surface area (Å²) in [5, 5.41) is 2.66. The van der Waals surface area contributed by atoms with Gasteiger partial charge in [0.1, 0.15) is 0 Å². The molecule has 0 bridgehead atoms. The Hall–Kier alpha value is -2.00. The van der Waals surface area contributed by atoms with Gasteiger partial charge in [0.25, 0.3) is 0 Å². The molecule has 0 aliphatic carbocycles. The Morgan fingerprint density at radius 1 is 1.18 bits per heavy atom. The predicted molar refractivity (Wildman–Crippen MR) is 102 cm³/mol. The van der Waals surface area contributed by atoms with Gasteiger partial charge in [0.15, 0.2) is 0 Å². The van der Waals surface area contributed by atoms with Crippen molar-refractivity contribution in [1.29, 1.82) is 0 Å². The largest absolute Gasteiger partial charge is 0.495 e. The lowest BCUT2D eigenvalue weighted by Crippen LogP contribution is -2.41. The summed E-state index contributed by atoms with van der Waals surface area (Å²) in [6.07, 6.45) is -3.38. The number of anilines is 1. The van der Waals surface area contributed by atoms with Crippen LogP contribution in [0.25, 0.3) is 0 Å². The summed E-state index contributed by atoms with van der Waals surface area (Å²) in [7, 11) is -0.591. The van der Waals surface area contributed by atoms with Gasteiger partial charge in [0.2, 0.25) is 0 Å². The molecule has 5 nitrogen and oxygen atoms in total. The van der Waals surface area contributed by atoms with Gasteiger partial charge in [0, 0.05) is 12.2 Å². The monoisotopic (exact) mass is 396 g/mol. The number of halogens is 3. The lowest BCUT2D eigenvalue weighted by atomic mass is 9.76. The first-order valence-electron chi connectivity index (χ1n) is 9.08. The minimum absolute atomic E-state index is 0.0728. The number of carbonyl (C=O) groups excluding carboxylic acids is 1. The standard InChI is InChI=1S/C19H24BF3N2O3/c1-12-6-7-14(10-15(12)20-27-17(2,3)18(4,5)28-20)24-16(26)25-9-8-13(11-25)19(21,22)23/h6-8,10H,9,11H2,1-5H3,(H,24,26). The maximum absolute atomic E-state index is 12.8. The quantitative estimate of drug-likeness (QED) is 0.614. The zero-order chi connectivity index (χ0) is 20.9. The maximum atomic E-state index is 12.8. The third kappa shape index (κ3) is 3.91. The highest BCUT2D eigenvalue weighted by atomic mass is 19.4. The summed E-state index contributed by atoms with van der Waals surface area (Å²) in [5.74, 6) is 0. The van der Waals surface area contributed by atoms with Crippen LogP contribution in [0.1, 0.15) is 33.3 Å². The Morgan fingerprint density at radius 3 is 2.32 bits per heavy atom. The van der Waals surface area contributed by atoms with E-state index in [9.17, 15) is 18.0 Å². The second kappa shape index (κ2) is 6.81. The van der Waals surface area contributed by atoms with Gasteiger partial charge in [-0.15, -0.1) is 0 Å². The van der Waals surface area contributed by atoms with Crippen molar-refractivity contribution in [3.63, 3.8) is 0 Å². The SMILES string of the molecule is Cc1ccc(NC(=O)N2CC=C(C(F)(F)F)C2)cc1B1OC(C)(C)C(C)(C)O1. The number of urea groups is 1. The van der Waals surface area contributed by atoms with Gasteiger partial charge in [-0.05, 0) is 52.2 Å². The van der Waals surface area contributed by atoms with Crippen LogP contribution in [0.3, 0.4) is 0 Å². The van der Waals surface area contributed by atoms with Gasteiger partial charge < -0.3 is 19.5 Å². The molecule has 1 saturated heterocycles. The highest BCUT2D eigenvalue weighted by Gasteiger charge is 2.52. The molecule has 1 fully saturated rings. The van der Waals surface area contributed by atoms with Crippen LogP contribution >= 0.6 is 0 Å². The Bertz CT molecular complexity index is 805. The molecule has 2 heterocycles. The van der Waals surface area contributed by atoms with E-state index in [-0.39, 0.29) is 6.54 Å². The van der Waals surface area contributed by atoms with Gasteiger partial charge in [-0.1, -0.05) is 17.7 Å². The summed E-state index contributed by atoms with van der Waals surface area (Å²) < 4.78 is 50.4. The number of hydrogen-bond acceptors (Lipinski definition) is 3. The zero-order valence-electron chi connectivity index (χ0n) is 16.6. The second-order valence-corrected chi connectivity index (χ2v) is 8.20. The average molecular weight is 396 g/mol. The summed E-state index contributed by atoms with van der Waals surface area (Å²) in [4.78, 5) is 13.5. The molecule has 0 radical (unpaired) electrons. The molecule has 9 heteroatoms. The number of benzene rings is 1. The minimum Gasteiger partial charge on any atom is -0.399 e. The third-order valence-electron chi connectivity index (χ3n) is 5.61. The highest BCUT2D eigenvalue weighted by molar-refractivity contribution is 6.62. The number of rotatable bonds is 2. The van der Waals surface area contributed by atoms with Crippen molar-refractivity contribution in [2.75, 3.05) is 18.4 Å². The maximum Gasteiger partial charge on any atom is 0.495 e. The van der Waals surface area contributed by atoms with E-state index in [1.807, 2.05) is 40.7 Å². The van der Waals surface area contributed by atoms with E-state index in [2.05, 4.69) is 5.32 Å². The Balaban J connectivity index is 1.72. The first-order valence-corrected chi connectivity index (χ1v) is 9.08. The van der Waals surface area contributed by atoms with Crippen molar-refractivity contribution in [3.05, 3.63) is 35.4 Å². The van der Waals surface area contributed by atoms with E-state index >= 15 is 0 Å². The fraction of sp³-hybridized carbons (Fsp3) is 0.526. The van der Waals surface area contributed by atoms with Gasteiger partial charge in [-0.2, -0.15) is 13.2 Å². The normalized spacial score (nSPS) is 21.1. The Labute approximate surface area is 163 Å². The smallest absolute Gasteiger partial charge is 0.399 e. The number of nitrogens with zero attached hydrogens (tertiary/aromatic N) is 1. The summed E-state index contributed by atoms with van der Waals surface area (Å²) in [5.41, 5.74) is 0.466. The molecule has 3 rings (SSSR count). The van der Waals surface area contributed by atoms with E-state index in [4.69, 9.17) is 9.31 Å². The van der Waals surface area contributed by atoms with Crippen molar-refractivity contribution in [3.8, 4) is 0 Å². The van der Waals surface area contributed by atoms with Crippen LogP contribution in [-0.2, 0) is 9.31 Å². The molecule has 28 heavy (non-hydrogen) atoms. The molecule has 1 aromatic rings. The first kappa shape index (κ1) is 20.7. The molecule has 0 spiro atoms. The number of carbonyl (C=O) groups is 1. The molecule has 0 unspecified atom stereocenters. The summed E-state index contributed by atoms with van der Waals surface area (Å²) in [6.45, 7) is 9.19. The van der Waals surface area contributed by atoms with Crippen molar-refractivity contribution < 1.29 is 27.3 Å². The molecule has 0 saturated carbocycles. The molecular formula is C19H24BF3N2O3. The van der Waals surface area contributed by atoms with Crippen LogP contribution in [0.2, 0.25) is 0 Å². The Morgan fingerprint density at radius 2 is 1.79 bits per heavy atom.